The van der Waals surface area contributed by atoms with Crippen LogP contribution in [-0.2, 0) is 14.6 Å². The van der Waals surface area contributed by atoms with Crippen LogP contribution in [0.25, 0.3) is 0 Å². The van der Waals surface area contributed by atoms with Crippen molar-refractivity contribution in [1.29, 1.82) is 0 Å². The summed E-state index contributed by atoms with van der Waals surface area (Å²) in [6.45, 7) is 0.587. The molecule has 1 aliphatic rings. The molecule has 0 unspecified atom stereocenters. The molecule has 0 atom stereocenters. The largest absolute Gasteiger partial charge is 0.355 e. The minimum absolute atomic E-state index is 0.00674. The molecule has 6 heteroatoms. The monoisotopic (exact) mass is 313 g/mol. The van der Waals surface area contributed by atoms with Gasteiger partial charge in [0.05, 0.1) is 17.3 Å². The number of benzene rings is 1. The van der Waals surface area contributed by atoms with Crippen molar-refractivity contribution in [2.75, 3.05) is 23.8 Å². The van der Waals surface area contributed by atoms with Gasteiger partial charge in [0, 0.05) is 11.4 Å². The number of carbonyl (C=O) groups is 1. The van der Waals surface area contributed by atoms with Crippen molar-refractivity contribution >= 4 is 27.5 Å². The summed E-state index contributed by atoms with van der Waals surface area (Å²) in [7, 11) is -2.82. The summed E-state index contributed by atoms with van der Waals surface area (Å²) < 4.78 is 22.6. The third-order valence-corrected chi connectivity index (χ3v) is 6.10. The third-order valence-electron chi connectivity index (χ3n) is 3.38. The van der Waals surface area contributed by atoms with Crippen LogP contribution < -0.4 is 5.32 Å². The van der Waals surface area contributed by atoms with Gasteiger partial charge in [0.25, 0.3) is 0 Å². The molecule has 1 N–H and O–H groups in total. The molecule has 4 nitrogen and oxygen atoms in total. The molecule has 0 spiro atoms. The van der Waals surface area contributed by atoms with Gasteiger partial charge in [0.1, 0.15) is 9.84 Å². The highest BCUT2D eigenvalue weighted by Gasteiger charge is 2.23. The van der Waals surface area contributed by atoms with Crippen molar-refractivity contribution in [3.8, 4) is 0 Å². The van der Waals surface area contributed by atoms with Gasteiger partial charge in [-0.05, 0) is 30.9 Å². The zero-order valence-corrected chi connectivity index (χ0v) is 12.9. The highest BCUT2D eigenvalue weighted by Crippen LogP contribution is 2.19. The van der Waals surface area contributed by atoms with Crippen molar-refractivity contribution in [2.24, 2.45) is 5.92 Å². The first kappa shape index (κ1) is 15.4. The molecular formula is C14H19NO3S2. The van der Waals surface area contributed by atoms with Gasteiger partial charge in [-0.25, -0.2) is 8.42 Å². The zero-order chi connectivity index (χ0) is 14.4. The number of nitrogens with one attached hydrogen (secondary N) is 1. The average Bonchev–Trinajstić information content (AvgIpc) is 2.45. The van der Waals surface area contributed by atoms with Gasteiger partial charge in [0.15, 0.2) is 0 Å². The molecule has 1 aromatic rings. The Morgan fingerprint density at radius 1 is 1.20 bits per heavy atom. The second kappa shape index (κ2) is 7.13. The van der Waals surface area contributed by atoms with Crippen molar-refractivity contribution < 1.29 is 13.2 Å². The predicted molar refractivity (Wildman–Crippen MR) is 81.6 cm³/mol. The van der Waals surface area contributed by atoms with Gasteiger partial charge < -0.3 is 5.32 Å². The van der Waals surface area contributed by atoms with Crippen LogP contribution in [0.3, 0.4) is 0 Å². The van der Waals surface area contributed by atoms with E-state index >= 15 is 0 Å². The first-order valence-electron chi connectivity index (χ1n) is 6.70. The van der Waals surface area contributed by atoms with Crippen molar-refractivity contribution in [2.45, 2.75) is 17.7 Å². The van der Waals surface area contributed by atoms with Crippen LogP contribution >= 0.6 is 11.8 Å². The molecule has 110 valence electrons. The molecule has 1 aliphatic heterocycles. The van der Waals surface area contributed by atoms with Gasteiger partial charge in [-0.3, -0.25) is 4.79 Å². The van der Waals surface area contributed by atoms with Crippen molar-refractivity contribution in [1.82, 2.24) is 5.32 Å². The van der Waals surface area contributed by atoms with E-state index in [-0.39, 0.29) is 17.4 Å². The van der Waals surface area contributed by atoms with Crippen LogP contribution in [0.1, 0.15) is 12.8 Å². The van der Waals surface area contributed by atoms with Crippen LogP contribution in [0.5, 0.6) is 0 Å². The average molecular weight is 313 g/mol. The highest BCUT2D eigenvalue weighted by molar-refractivity contribution is 8.00. The molecule has 0 aliphatic carbocycles. The molecule has 1 heterocycles. The molecule has 1 fully saturated rings. The van der Waals surface area contributed by atoms with E-state index in [0.717, 1.165) is 4.90 Å². The minimum atomic E-state index is -2.82. The number of sulfone groups is 1. The SMILES string of the molecule is O=C(CSc1ccccc1)NCC1CCS(=O)(=O)CC1. The molecule has 0 saturated carbocycles. The lowest BCUT2D eigenvalue weighted by Gasteiger charge is -2.22. The lowest BCUT2D eigenvalue weighted by molar-refractivity contribution is -0.118. The van der Waals surface area contributed by atoms with Gasteiger partial charge in [-0.15, -0.1) is 11.8 Å². The summed E-state index contributed by atoms with van der Waals surface area (Å²) in [5.74, 6) is 1.21. The van der Waals surface area contributed by atoms with Crippen LogP contribution in [-0.4, -0.2) is 38.1 Å². The number of hydrogen-bond donors (Lipinski definition) is 1. The van der Waals surface area contributed by atoms with Crippen molar-refractivity contribution in [3.05, 3.63) is 30.3 Å². The molecular weight excluding hydrogens is 294 g/mol. The first-order chi connectivity index (χ1) is 9.55. The lowest BCUT2D eigenvalue weighted by Crippen LogP contribution is -2.34. The Balaban J connectivity index is 1.66. The maximum atomic E-state index is 11.7. The summed E-state index contributed by atoms with van der Waals surface area (Å²) in [6, 6.07) is 9.79. The zero-order valence-electron chi connectivity index (χ0n) is 11.2. The van der Waals surface area contributed by atoms with Gasteiger partial charge in [-0.1, -0.05) is 18.2 Å². The van der Waals surface area contributed by atoms with Crippen LogP contribution in [0, 0.1) is 5.92 Å². The van der Waals surface area contributed by atoms with E-state index in [0.29, 0.717) is 31.1 Å². The molecule has 1 saturated heterocycles. The fourth-order valence-corrected chi connectivity index (χ4v) is 4.46. The first-order valence-corrected chi connectivity index (χ1v) is 9.51. The molecule has 1 aromatic carbocycles. The van der Waals surface area contributed by atoms with E-state index in [9.17, 15) is 13.2 Å². The quantitative estimate of drug-likeness (QED) is 0.841. The second-order valence-electron chi connectivity index (χ2n) is 5.00. The number of carbonyl (C=O) groups excluding carboxylic acids is 1. The third kappa shape index (κ3) is 5.17. The highest BCUT2D eigenvalue weighted by atomic mass is 32.2. The maximum absolute atomic E-state index is 11.7. The van der Waals surface area contributed by atoms with Gasteiger partial charge in [0.2, 0.25) is 5.91 Å². The van der Waals surface area contributed by atoms with E-state index in [1.165, 1.54) is 11.8 Å². The molecule has 20 heavy (non-hydrogen) atoms. The predicted octanol–water partition coefficient (Wildman–Crippen LogP) is 1.72. The summed E-state index contributed by atoms with van der Waals surface area (Å²) in [5.41, 5.74) is 0. The number of thioether (sulfide) groups is 1. The van der Waals surface area contributed by atoms with Crippen LogP contribution in [0.15, 0.2) is 35.2 Å². The van der Waals surface area contributed by atoms with Crippen LogP contribution in [0.2, 0.25) is 0 Å². The summed E-state index contributed by atoms with van der Waals surface area (Å²) >= 11 is 1.51. The van der Waals surface area contributed by atoms with E-state index in [4.69, 9.17) is 0 Å². The lowest BCUT2D eigenvalue weighted by atomic mass is 10.0. The Morgan fingerprint density at radius 3 is 2.50 bits per heavy atom. The Kier molecular flexibility index (Phi) is 5.48. The second-order valence-corrected chi connectivity index (χ2v) is 8.35. The molecule has 0 radical (unpaired) electrons. The molecule has 2 rings (SSSR count). The molecule has 0 aromatic heterocycles. The Morgan fingerprint density at radius 2 is 1.85 bits per heavy atom. The topological polar surface area (TPSA) is 63.2 Å². The maximum Gasteiger partial charge on any atom is 0.230 e. The minimum Gasteiger partial charge on any atom is -0.355 e. The van der Waals surface area contributed by atoms with Gasteiger partial charge >= 0.3 is 0 Å². The van der Waals surface area contributed by atoms with Gasteiger partial charge in [-0.2, -0.15) is 0 Å². The summed E-state index contributed by atoms with van der Waals surface area (Å²) in [4.78, 5) is 12.8. The molecule has 0 bridgehead atoms. The Bertz CT molecular complexity index is 529. The standard InChI is InChI=1S/C14H19NO3S2/c16-14(11-19-13-4-2-1-3-5-13)15-10-12-6-8-20(17,18)9-7-12/h1-5,12H,6-11H2,(H,15,16). The fraction of sp³-hybridized carbons (Fsp3) is 0.500. The van der Waals surface area contributed by atoms with E-state index in [2.05, 4.69) is 5.32 Å². The Hall–Kier alpha value is -1.01. The summed E-state index contributed by atoms with van der Waals surface area (Å²) in [5, 5.41) is 2.90. The summed E-state index contributed by atoms with van der Waals surface area (Å²) in [6.07, 6.45) is 1.32. The fourth-order valence-electron chi connectivity index (χ4n) is 2.12. The Labute approximate surface area is 124 Å². The van der Waals surface area contributed by atoms with Crippen molar-refractivity contribution in [3.63, 3.8) is 0 Å². The smallest absolute Gasteiger partial charge is 0.230 e. The van der Waals surface area contributed by atoms with E-state index in [1.807, 2.05) is 30.3 Å². The molecule has 1 amide bonds. The number of rotatable bonds is 5. The van der Waals surface area contributed by atoms with E-state index < -0.39 is 9.84 Å². The van der Waals surface area contributed by atoms with E-state index in [1.54, 1.807) is 0 Å². The number of hydrogen-bond acceptors (Lipinski definition) is 4. The number of amides is 1. The van der Waals surface area contributed by atoms with Crippen LogP contribution in [0.4, 0.5) is 0 Å². The normalized spacial score (nSPS) is 18.6.